The van der Waals surface area contributed by atoms with Gasteiger partial charge in [0.25, 0.3) is 0 Å². The highest BCUT2D eigenvalue weighted by Gasteiger charge is 2.37. The summed E-state index contributed by atoms with van der Waals surface area (Å²) in [6.45, 7) is 0.193. The van der Waals surface area contributed by atoms with E-state index in [1.54, 1.807) is 19.0 Å². The monoisotopic (exact) mass is 239 g/mol. The second-order valence-electron chi connectivity index (χ2n) is 3.20. The standard InChI is InChI=1S/C8H12F3N3S/c1-14(2)7-13-6(8(9,10)11)5(15-7)3-4-12/h3-4,12H2,1-2H3. The molecule has 0 saturated carbocycles. The molecule has 0 saturated heterocycles. The molecule has 0 amide bonds. The summed E-state index contributed by atoms with van der Waals surface area (Å²) in [4.78, 5) is 5.32. The summed E-state index contributed by atoms with van der Waals surface area (Å²) in [5.41, 5.74) is 4.45. The number of aromatic nitrogens is 1. The first kappa shape index (κ1) is 12.3. The van der Waals surface area contributed by atoms with E-state index in [0.29, 0.717) is 5.13 Å². The molecule has 0 spiro atoms. The van der Waals surface area contributed by atoms with E-state index in [-0.39, 0.29) is 17.8 Å². The predicted octanol–water partition coefficient (Wildman–Crippen LogP) is 1.73. The van der Waals surface area contributed by atoms with Crippen LogP contribution in [-0.4, -0.2) is 25.6 Å². The van der Waals surface area contributed by atoms with Crippen molar-refractivity contribution in [2.75, 3.05) is 25.5 Å². The summed E-state index contributed by atoms with van der Waals surface area (Å²) in [7, 11) is 3.32. The Labute approximate surface area is 89.7 Å². The first-order valence-electron chi connectivity index (χ1n) is 4.30. The first-order chi connectivity index (χ1) is 6.86. The van der Waals surface area contributed by atoms with Gasteiger partial charge >= 0.3 is 6.18 Å². The van der Waals surface area contributed by atoms with Crippen molar-refractivity contribution in [3.05, 3.63) is 10.6 Å². The minimum atomic E-state index is -4.39. The van der Waals surface area contributed by atoms with E-state index >= 15 is 0 Å². The second-order valence-corrected chi connectivity index (χ2v) is 4.26. The summed E-state index contributed by atoms with van der Waals surface area (Å²) in [6.07, 6.45) is -4.18. The van der Waals surface area contributed by atoms with Crippen LogP contribution in [0.4, 0.5) is 18.3 Å². The normalized spacial score (nSPS) is 11.9. The molecule has 0 aliphatic rings. The van der Waals surface area contributed by atoms with Crippen LogP contribution in [0.2, 0.25) is 0 Å². The Morgan fingerprint density at radius 2 is 2.00 bits per heavy atom. The molecule has 1 aromatic heterocycles. The molecule has 3 nitrogen and oxygen atoms in total. The van der Waals surface area contributed by atoms with Gasteiger partial charge in [-0.2, -0.15) is 13.2 Å². The Kier molecular flexibility index (Phi) is 3.56. The molecule has 0 aliphatic carbocycles. The van der Waals surface area contributed by atoms with Crippen LogP contribution in [0.1, 0.15) is 10.6 Å². The maximum atomic E-state index is 12.5. The molecule has 15 heavy (non-hydrogen) atoms. The Bertz CT molecular complexity index is 332. The van der Waals surface area contributed by atoms with Crippen molar-refractivity contribution < 1.29 is 13.2 Å². The van der Waals surface area contributed by atoms with Crippen molar-refractivity contribution in [2.45, 2.75) is 12.6 Å². The van der Waals surface area contributed by atoms with Crippen molar-refractivity contribution in [1.29, 1.82) is 0 Å². The number of rotatable bonds is 3. The number of nitrogens with zero attached hydrogens (tertiary/aromatic N) is 2. The molecule has 0 unspecified atom stereocenters. The average Bonchev–Trinajstić information content (AvgIpc) is 2.48. The molecule has 1 heterocycles. The van der Waals surface area contributed by atoms with Crippen LogP contribution in [0, 0.1) is 0 Å². The second kappa shape index (κ2) is 4.36. The van der Waals surface area contributed by atoms with E-state index in [2.05, 4.69) is 4.98 Å². The van der Waals surface area contributed by atoms with Crippen molar-refractivity contribution in [1.82, 2.24) is 4.98 Å². The topological polar surface area (TPSA) is 42.2 Å². The lowest BCUT2D eigenvalue weighted by atomic mass is 10.3. The van der Waals surface area contributed by atoms with E-state index in [9.17, 15) is 13.2 Å². The molecule has 0 fully saturated rings. The zero-order chi connectivity index (χ0) is 11.6. The van der Waals surface area contributed by atoms with Crippen LogP contribution in [0.25, 0.3) is 0 Å². The van der Waals surface area contributed by atoms with Crippen LogP contribution >= 0.6 is 11.3 Å². The van der Waals surface area contributed by atoms with E-state index in [0.717, 1.165) is 11.3 Å². The van der Waals surface area contributed by atoms with Gasteiger partial charge in [-0.05, 0) is 13.0 Å². The van der Waals surface area contributed by atoms with Gasteiger partial charge in [0.1, 0.15) is 0 Å². The molecule has 1 rings (SSSR count). The number of hydrogen-bond donors (Lipinski definition) is 1. The maximum absolute atomic E-state index is 12.5. The fourth-order valence-corrected chi connectivity index (χ4v) is 2.07. The third-order valence-electron chi connectivity index (χ3n) is 1.71. The lowest BCUT2D eigenvalue weighted by molar-refractivity contribution is -0.141. The average molecular weight is 239 g/mol. The Hall–Kier alpha value is -0.820. The van der Waals surface area contributed by atoms with E-state index in [1.807, 2.05) is 0 Å². The highest BCUT2D eigenvalue weighted by Crippen LogP contribution is 2.36. The molecule has 86 valence electrons. The van der Waals surface area contributed by atoms with Crippen molar-refractivity contribution in [3.8, 4) is 0 Å². The Morgan fingerprint density at radius 3 is 2.40 bits per heavy atom. The predicted molar refractivity (Wildman–Crippen MR) is 54.2 cm³/mol. The van der Waals surface area contributed by atoms with Gasteiger partial charge in [-0.3, -0.25) is 0 Å². The van der Waals surface area contributed by atoms with Crippen LogP contribution in [0.3, 0.4) is 0 Å². The van der Waals surface area contributed by atoms with E-state index in [4.69, 9.17) is 5.73 Å². The van der Waals surface area contributed by atoms with Crippen molar-refractivity contribution in [2.24, 2.45) is 5.73 Å². The Balaban J connectivity index is 3.12. The largest absolute Gasteiger partial charge is 0.434 e. The zero-order valence-electron chi connectivity index (χ0n) is 8.43. The molecule has 1 aromatic rings. The fourth-order valence-electron chi connectivity index (χ4n) is 1.05. The maximum Gasteiger partial charge on any atom is 0.434 e. The van der Waals surface area contributed by atoms with Gasteiger partial charge in [0.05, 0.1) is 0 Å². The number of anilines is 1. The smallest absolute Gasteiger partial charge is 0.354 e. The molecule has 0 aromatic carbocycles. The molecule has 0 atom stereocenters. The molecule has 0 bridgehead atoms. The van der Waals surface area contributed by atoms with E-state index < -0.39 is 11.9 Å². The fraction of sp³-hybridized carbons (Fsp3) is 0.625. The summed E-state index contributed by atoms with van der Waals surface area (Å²) in [5, 5.41) is 0.353. The zero-order valence-corrected chi connectivity index (χ0v) is 9.24. The minimum Gasteiger partial charge on any atom is -0.354 e. The molecular weight excluding hydrogens is 227 g/mol. The van der Waals surface area contributed by atoms with Crippen LogP contribution < -0.4 is 10.6 Å². The molecule has 7 heteroatoms. The van der Waals surface area contributed by atoms with E-state index in [1.165, 1.54) is 0 Å². The molecule has 0 aliphatic heterocycles. The SMILES string of the molecule is CN(C)c1nc(C(F)(F)F)c(CCN)s1. The molecule has 2 N–H and O–H groups in total. The lowest BCUT2D eigenvalue weighted by Gasteiger charge is -2.06. The van der Waals surface area contributed by atoms with Crippen LogP contribution in [-0.2, 0) is 12.6 Å². The van der Waals surface area contributed by atoms with Gasteiger partial charge in [0, 0.05) is 19.0 Å². The van der Waals surface area contributed by atoms with Gasteiger partial charge in [-0.1, -0.05) is 0 Å². The summed E-state index contributed by atoms with van der Waals surface area (Å²) in [5.74, 6) is 0. The first-order valence-corrected chi connectivity index (χ1v) is 5.12. The van der Waals surface area contributed by atoms with Gasteiger partial charge < -0.3 is 10.6 Å². The lowest BCUT2D eigenvalue weighted by Crippen LogP contribution is -2.12. The number of nitrogens with two attached hydrogens (primary N) is 1. The Morgan fingerprint density at radius 1 is 1.40 bits per heavy atom. The third kappa shape index (κ3) is 2.82. The number of thiazole rings is 1. The van der Waals surface area contributed by atoms with Gasteiger partial charge in [0.2, 0.25) is 0 Å². The molecular formula is C8H12F3N3S. The number of hydrogen-bond acceptors (Lipinski definition) is 4. The minimum absolute atomic E-state index is 0.193. The van der Waals surface area contributed by atoms with Crippen molar-refractivity contribution >= 4 is 16.5 Å². The van der Waals surface area contributed by atoms with Gasteiger partial charge in [0.15, 0.2) is 10.8 Å². The highest BCUT2D eigenvalue weighted by molar-refractivity contribution is 7.15. The summed E-state index contributed by atoms with van der Waals surface area (Å²) < 4.78 is 37.6. The third-order valence-corrected chi connectivity index (χ3v) is 2.99. The summed E-state index contributed by atoms with van der Waals surface area (Å²) >= 11 is 1.03. The quantitative estimate of drug-likeness (QED) is 0.873. The van der Waals surface area contributed by atoms with Gasteiger partial charge in [-0.15, -0.1) is 11.3 Å². The number of alkyl halides is 3. The highest BCUT2D eigenvalue weighted by atomic mass is 32.1. The number of halogens is 3. The van der Waals surface area contributed by atoms with Crippen molar-refractivity contribution in [3.63, 3.8) is 0 Å². The summed E-state index contributed by atoms with van der Waals surface area (Å²) in [6, 6.07) is 0. The van der Waals surface area contributed by atoms with Crippen LogP contribution in [0.5, 0.6) is 0 Å². The van der Waals surface area contributed by atoms with Gasteiger partial charge in [-0.25, -0.2) is 4.98 Å². The molecule has 0 radical (unpaired) electrons. The van der Waals surface area contributed by atoms with Crippen LogP contribution in [0.15, 0.2) is 0 Å².